The van der Waals surface area contributed by atoms with Crippen molar-refractivity contribution in [2.24, 2.45) is 0 Å². The van der Waals surface area contributed by atoms with Crippen molar-refractivity contribution in [2.45, 2.75) is 11.0 Å². The lowest BCUT2D eigenvalue weighted by molar-refractivity contribution is -0.110. The molecule has 1 aliphatic rings. The lowest BCUT2D eigenvalue weighted by Crippen LogP contribution is -2.49. The normalized spacial score (nSPS) is 21.4. The van der Waals surface area contributed by atoms with Gasteiger partial charge in [-0.2, -0.15) is 26.3 Å². The van der Waals surface area contributed by atoms with Crippen molar-refractivity contribution in [1.29, 1.82) is 0 Å². The molecule has 0 unspecified atom stereocenters. The van der Waals surface area contributed by atoms with Gasteiger partial charge < -0.3 is 9.47 Å². The molecule has 0 radical (unpaired) electrons. The standard InChI is InChI=1S/C6H8F6N2O6S2/c7-5(8,9)21(15,16)13-1-19-3-14(4-20-2-13)22(17,18)6(10,11)12/h1-4H2. The summed E-state index contributed by atoms with van der Waals surface area (Å²) in [5, 5.41) is 0. The molecule has 0 bridgehead atoms. The van der Waals surface area contributed by atoms with Gasteiger partial charge in [-0.05, 0) is 0 Å². The highest BCUT2D eigenvalue weighted by Crippen LogP contribution is 2.29. The Hall–Kier alpha value is -0.680. The molecule has 0 aromatic heterocycles. The lowest BCUT2D eigenvalue weighted by Gasteiger charge is -2.29. The van der Waals surface area contributed by atoms with Gasteiger partial charge in [0.1, 0.15) is 26.9 Å². The summed E-state index contributed by atoms with van der Waals surface area (Å²) in [7, 11) is -11.7. The monoisotopic (exact) mass is 382 g/mol. The minimum atomic E-state index is -5.83. The van der Waals surface area contributed by atoms with E-state index in [0.717, 1.165) is 0 Å². The molecule has 1 rings (SSSR count). The van der Waals surface area contributed by atoms with Crippen molar-refractivity contribution in [3.8, 4) is 0 Å². The van der Waals surface area contributed by atoms with Crippen LogP contribution in [0.1, 0.15) is 0 Å². The van der Waals surface area contributed by atoms with Crippen LogP contribution < -0.4 is 0 Å². The zero-order chi connectivity index (χ0) is 17.4. The fourth-order valence-electron chi connectivity index (χ4n) is 1.13. The van der Waals surface area contributed by atoms with Crippen LogP contribution >= 0.6 is 0 Å². The maximum atomic E-state index is 12.3. The summed E-state index contributed by atoms with van der Waals surface area (Å²) >= 11 is 0. The van der Waals surface area contributed by atoms with Gasteiger partial charge in [0.05, 0.1) is 0 Å². The highest BCUT2D eigenvalue weighted by molar-refractivity contribution is 7.90. The van der Waals surface area contributed by atoms with Crippen LogP contribution in [0.25, 0.3) is 0 Å². The third kappa shape index (κ3) is 3.80. The van der Waals surface area contributed by atoms with E-state index >= 15 is 0 Å². The number of hydrogen-bond acceptors (Lipinski definition) is 6. The Morgan fingerprint density at radius 2 is 0.864 bits per heavy atom. The van der Waals surface area contributed by atoms with Crippen LogP contribution in [0.4, 0.5) is 26.3 Å². The minimum Gasteiger partial charge on any atom is -0.348 e. The van der Waals surface area contributed by atoms with Crippen molar-refractivity contribution in [2.75, 3.05) is 26.9 Å². The van der Waals surface area contributed by atoms with Gasteiger partial charge in [-0.15, -0.1) is 8.61 Å². The Balaban J connectivity index is 2.85. The predicted octanol–water partition coefficient (Wildman–Crippen LogP) is 0.166. The maximum Gasteiger partial charge on any atom is 0.511 e. The topological polar surface area (TPSA) is 93.2 Å². The summed E-state index contributed by atoms with van der Waals surface area (Å²) in [6.07, 6.45) is 0. The van der Waals surface area contributed by atoms with E-state index in [1.807, 2.05) is 0 Å². The summed E-state index contributed by atoms with van der Waals surface area (Å²) in [5.41, 5.74) is -11.3. The van der Waals surface area contributed by atoms with Gasteiger partial charge in [-0.25, -0.2) is 16.8 Å². The van der Waals surface area contributed by atoms with E-state index < -0.39 is 58.0 Å². The SMILES string of the molecule is O=S(=O)(N1COCN(S(=O)(=O)C(F)(F)F)COC1)C(F)(F)F. The second-order valence-corrected chi connectivity index (χ2v) is 7.59. The van der Waals surface area contributed by atoms with Crippen LogP contribution in [-0.2, 0) is 29.5 Å². The van der Waals surface area contributed by atoms with Gasteiger partial charge in [0.15, 0.2) is 0 Å². The highest BCUT2D eigenvalue weighted by atomic mass is 32.2. The van der Waals surface area contributed by atoms with Crippen LogP contribution in [0.3, 0.4) is 0 Å². The molecule has 8 nitrogen and oxygen atoms in total. The Kier molecular flexibility index (Phi) is 5.35. The number of alkyl halides is 6. The van der Waals surface area contributed by atoms with Crippen molar-refractivity contribution in [1.82, 2.24) is 8.61 Å². The number of rotatable bonds is 2. The van der Waals surface area contributed by atoms with Gasteiger partial charge in [-0.3, -0.25) is 0 Å². The van der Waals surface area contributed by atoms with Gasteiger partial charge in [0.25, 0.3) is 0 Å². The quantitative estimate of drug-likeness (QED) is 0.632. The molecule has 22 heavy (non-hydrogen) atoms. The first-order valence-electron chi connectivity index (χ1n) is 4.99. The molecule has 0 aromatic rings. The van der Waals surface area contributed by atoms with Crippen LogP contribution in [0.2, 0.25) is 0 Å². The summed E-state index contributed by atoms with van der Waals surface area (Å²) in [6, 6.07) is 0. The number of ether oxygens (including phenoxy) is 2. The van der Waals surface area contributed by atoms with E-state index in [2.05, 4.69) is 9.47 Å². The summed E-state index contributed by atoms with van der Waals surface area (Å²) in [6.45, 7) is -5.37. The van der Waals surface area contributed by atoms with Gasteiger partial charge >= 0.3 is 31.1 Å². The fraction of sp³-hybridized carbons (Fsp3) is 1.00. The molecule has 1 saturated heterocycles. The third-order valence-corrected chi connectivity index (χ3v) is 5.16. The smallest absolute Gasteiger partial charge is 0.348 e. The van der Waals surface area contributed by atoms with Crippen LogP contribution in [0.5, 0.6) is 0 Å². The molecule has 0 N–H and O–H groups in total. The fourth-order valence-corrected chi connectivity index (χ4v) is 2.57. The molecule has 0 spiro atoms. The second-order valence-electron chi connectivity index (χ2n) is 3.73. The van der Waals surface area contributed by atoms with E-state index in [1.165, 1.54) is 0 Å². The molecular formula is C6H8F6N2O6S2. The molecule has 132 valence electrons. The second kappa shape index (κ2) is 6.08. The molecule has 16 heteroatoms. The number of hydrogen-bond donors (Lipinski definition) is 0. The van der Waals surface area contributed by atoms with Gasteiger partial charge in [0, 0.05) is 0 Å². The van der Waals surface area contributed by atoms with Crippen molar-refractivity contribution in [3.63, 3.8) is 0 Å². The van der Waals surface area contributed by atoms with E-state index in [1.54, 1.807) is 0 Å². The number of halogens is 6. The molecule has 0 amide bonds. The first-order chi connectivity index (χ1) is 9.71. The van der Waals surface area contributed by atoms with Crippen molar-refractivity contribution >= 4 is 20.0 Å². The Bertz CT molecular complexity index is 536. The van der Waals surface area contributed by atoms with Crippen LogP contribution in [-0.4, -0.2) is 63.4 Å². The van der Waals surface area contributed by atoms with Crippen molar-refractivity contribution in [3.05, 3.63) is 0 Å². The van der Waals surface area contributed by atoms with Gasteiger partial charge in [0.2, 0.25) is 0 Å². The van der Waals surface area contributed by atoms with E-state index in [9.17, 15) is 43.2 Å². The molecule has 1 aliphatic heterocycles. The largest absolute Gasteiger partial charge is 0.511 e. The molecule has 0 saturated carbocycles. The molecular weight excluding hydrogens is 374 g/mol. The Morgan fingerprint density at radius 3 is 1.05 bits per heavy atom. The minimum absolute atomic E-state index is 0.343. The Morgan fingerprint density at radius 1 is 0.636 bits per heavy atom. The number of nitrogens with zero attached hydrogens (tertiary/aromatic N) is 2. The summed E-state index contributed by atoms with van der Waals surface area (Å²) in [4.78, 5) is 0. The van der Waals surface area contributed by atoms with Crippen molar-refractivity contribution < 1.29 is 52.7 Å². The molecule has 0 aliphatic carbocycles. The average molecular weight is 382 g/mol. The molecule has 1 fully saturated rings. The van der Waals surface area contributed by atoms with Crippen LogP contribution in [0.15, 0.2) is 0 Å². The van der Waals surface area contributed by atoms with E-state index in [0.29, 0.717) is 0 Å². The first kappa shape index (κ1) is 19.4. The van der Waals surface area contributed by atoms with Crippen LogP contribution in [0, 0.1) is 0 Å². The zero-order valence-corrected chi connectivity index (χ0v) is 11.9. The third-order valence-electron chi connectivity index (χ3n) is 2.21. The Labute approximate surface area is 120 Å². The number of sulfonamides is 2. The zero-order valence-electron chi connectivity index (χ0n) is 10.3. The molecule has 0 aromatic carbocycles. The van der Waals surface area contributed by atoms with E-state index in [-0.39, 0.29) is 8.61 Å². The first-order valence-corrected chi connectivity index (χ1v) is 7.87. The summed E-state index contributed by atoms with van der Waals surface area (Å²) < 4.78 is 126. The van der Waals surface area contributed by atoms with E-state index in [4.69, 9.17) is 0 Å². The average Bonchev–Trinajstić information content (AvgIpc) is 2.24. The predicted molar refractivity (Wildman–Crippen MR) is 55.3 cm³/mol. The van der Waals surface area contributed by atoms with Gasteiger partial charge in [-0.1, -0.05) is 0 Å². The maximum absolute atomic E-state index is 12.3. The molecule has 1 heterocycles. The lowest BCUT2D eigenvalue weighted by atomic mass is 11.0. The highest BCUT2D eigenvalue weighted by Gasteiger charge is 2.52. The molecule has 0 atom stereocenters. The summed E-state index contributed by atoms with van der Waals surface area (Å²) in [5.74, 6) is 0.